The van der Waals surface area contributed by atoms with Gasteiger partial charge in [0.2, 0.25) is 0 Å². The maximum absolute atomic E-state index is 12.6. The first-order chi connectivity index (χ1) is 15.0. The molecule has 1 aliphatic carbocycles. The van der Waals surface area contributed by atoms with Gasteiger partial charge in [-0.25, -0.2) is 8.42 Å². The van der Waals surface area contributed by atoms with E-state index in [1.807, 2.05) is 11.5 Å². The maximum Gasteiger partial charge on any atom is 0.261 e. The third kappa shape index (κ3) is 5.02. The van der Waals surface area contributed by atoms with Gasteiger partial charge in [-0.1, -0.05) is 0 Å². The molecule has 0 saturated heterocycles. The average Bonchev–Trinajstić information content (AvgIpc) is 3.51. The Morgan fingerprint density at radius 2 is 1.84 bits per heavy atom. The summed E-state index contributed by atoms with van der Waals surface area (Å²) >= 11 is 0. The molecule has 0 atom stereocenters. The lowest BCUT2D eigenvalue weighted by Gasteiger charge is -2.10. The molecule has 0 radical (unpaired) electrons. The minimum absolute atomic E-state index is 0.0615. The zero-order valence-electron chi connectivity index (χ0n) is 17.0. The van der Waals surface area contributed by atoms with Crippen LogP contribution in [0.15, 0.2) is 59.8 Å². The van der Waals surface area contributed by atoms with Crippen LogP contribution in [0.5, 0.6) is 5.75 Å². The van der Waals surface area contributed by atoms with Crippen LogP contribution >= 0.6 is 0 Å². The largest absolute Gasteiger partial charge is 0.494 e. The number of anilines is 1. The number of rotatable bonds is 9. The number of hydrogen-bond donors (Lipinski definition) is 2. The van der Waals surface area contributed by atoms with Gasteiger partial charge in [0, 0.05) is 17.3 Å². The molecular formula is C21H23N5O4S. The van der Waals surface area contributed by atoms with Gasteiger partial charge >= 0.3 is 0 Å². The molecule has 1 amide bonds. The van der Waals surface area contributed by atoms with Crippen LogP contribution in [0, 0.1) is 0 Å². The number of sulfonamides is 1. The number of ether oxygens (including phenoxy) is 1. The molecule has 1 saturated carbocycles. The van der Waals surface area contributed by atoms with Gasteiger partial charge in [0.1, 0.15) is 12.1 Å². The average molecular weight is 442 g/mol. The second-order valence-corrected chi connectivity index (χ2v) is 8.84. The van der Waals surface area contributed by atoms with Gasteiger partial charge in [0.05, 0.1) is 18.0 Å². The standard InChI is InChI=1S/C21H23N5O4S/c1-2-30-18-9-5-16(6-10-18)25-31(28,29)19-11-3-15(4-12-19)21(27)22-13-20-24-23-14-26(20)17-7-8-17/h3-6,9-12,14,17,25H,2,7-8,13H2,1H3,(H,22,27). The van der Waals surface area contributed by atoms with Crippen molar-refractivity contribution in [3.8, 4) is 5.75 Å². The Balaban J connectivity index is 1.38. The Morgan fingerprint density at radius 3 is 2.48 bits per heavy atom. The molecule has 1 fully saturated rings. The molecule has 1 aliphatic rings. The first-order valence-electron chi connectivity index (χ1n) is 9.98. The lowest BCUT2D eigenvalue weighted by atomic mass is 10.2. The predicted molar refractivity (Wildman–Crippen MR) is 114 cm³/mol. The monoisotopic (exact) mass is 441 g/mol. The van der Waals surface area contributed by atoms with Crippen molar-refractivity contribution in [1.82, 2.24) is 20.1 Å². The highest BCUT2D eigenvalue weighted by atomic mass is 32.2. The highest BCUT2D eigenvalue weighted by molar-refractivity contribution is 7.92. The van der Waals surface area contributed by atoms with Crippen molar-refractivity contribution in [2.45, 2.75) is 37.2 Å². The Kier molecular flexibility index (Phi) is 5.90. The quantitative estimate of drug-likeness (QED) is 0.528. The van der Waals surface area contributed by atoms with Crippen molar-refractivity contribution in [2.24, 2.45) is 0 Å². The van der Waals surface area contributed by atoms with Crippen LogP contribution in [0.3, 0.4) is 0 Å². The third-order valence-corrected chi connectivity index (χ3v) is 6.24. The lowest BCUT2D eigenvalue weighted by molar-refractivity contribution is 0.0949. The van der Waals surface area contributed by atoms with E-state index in [2.05, 4.69) is 20.2 Å². The van der Waals surface area contributed by atoms with Gasteiger partial charge in [0.15, 0.2) is 5.82 Å². The minimum atomic E-state index is -3.78. The van der Waals surface area contributed by atoms with Gasteiger partial charge in [-0.3, -0.25) is 9.52 Å². The number of hydrogen-bond acceptors (Lipinski definition) is 6. The number of benzene rings is 2. The van der Waals surface area contributed by atoms with Gasteiger partial charge in [-0.2, -0.15) is 0 Å². The molecular weight excluding hydrogens is 418 g/mol. The number of carbonyl (C=O) groups excluding carboxylic acids is 1. The van der Waals surface area contributed by atoms with Gasteiger partial charge in [-0.05, 0) is 68.3 Å². The first-order valence-corrected chi connectivity index (χ1v) is 11.5. The number of carbonyl (C=O) groups is 1. The fourth-order valence-corrected chi connectivity index (χ4v) is 4.16. The number of aromatic nitrogens is 3. The zero-order chi connectivity index (χ0) is 21.8. The molecule has 0 spiro atoms. The molecule has 1 aromatic heterocycles. The van der Waals surface area contributed by atoms with E-state index in [0.29, 0.717) is 35.5 Å². The molecule has 0 aliphatic heterocycles. The van der Waals surface area contributed by atoms with Gasteiger partial charge < -0.3 is 14.6 Å². The smallest absolute Gasteiger partial charge is 0.261 e. The van der Waals surface area contributed by atoms with Crippen LogP contribution in [0.4, 0.5) is 5.69 Å². The fourth-order valence-electron chi connectivity index (χ4n) is 3.10. The SMILES string of the molecule is CCOc1ccc(NS(=O)(=O)c2ccc(C(=O)NCc3nncn3C3CC3)cc2)cc1. The Labute approximate surface area is 180 Å². The molecule has 10 heteroatoms. The van der Waals surface area contributed by atoms with E-state index < -0.39 is 10.0 Å². The minimum Gasteiger partial charge on any atom is -0.494 e. The normalized spacial score (nSPS) is 13.6. The topological polar surface area (TPSA) is 115 Å². The zero-order valence-corrected chi connectivity index (χ0v) is 17.8. The molecule has 3 aromatic rings. The molecule has 1 heterocycles. The molecule has 0 bridgehead atoms. The van der Waals surface area contributed by atoms with E-state index in [-0.39, 0.29) is 17.3 Å². The third-order valence-electron chi connectivity index (χ3n) is 4.84. The second-order valence-electron chi connectivity index (χ2n) is 7.16. The van der Waals surface area contributed by atoms with Crippen LogP contribution in [0.2, 0.25) is 0 Å². The molecule has 2 N–H and O–H groups in total. The summed E-state index contributed by atoms with van der Waals surface area (Å²) in [4.78, 5) is 12.5. The van der Waals surface area contributed by atoms with Crippen molar-refractivity contribution in [3.63, 3.8) is 0 Å². The fraction of sp³-hybridized carbons (Fsp3) is 0.286. The predicted octanol–water partition coefficient (Wildman–Crippen LogP) is 2.74. The Morgan fingerprint density at radius 1 is 1.13 bits per heavy atom. The highest BCUT2D eigenvalue weighted by Crippen LogP contribution is 2.35. The second kappa shape index (κ2) is 8.76. The molecule has 4 rings (SSSR count). The Bertz CT molecular complexity index is 1150. The van der Waals surface area contributed by atoms with Crippen molar-refractivity contribution >= 4 is 21.6 Å². The Hall–Kier alpha value is -3.40. The summed E-state index contributed by atoms with van der Waals surface area (Å²) in [6.45, 7) is 2.67. The van der Waals surface area contributed by atoms with Crippen LogP contribution in [0.1, 0.15) is 42.0 Å². The molecule has 0 unspecified atom stereocenters. The van der Waals surface area contributed by atoms with Crippen molar-refractivity contribution in [1.29, 1.82) is 0 Å². The van der Waals surface area contributed by atoms with E-state index in [9.17, 15) is 13.2 Å². The van der Waals surface area contributed by atoms with Gasteiger partial charge in [-0.15, -0.1) is 10.2 Å². The van der Waals surface area contributed by atoms with E-state index in [4.69, 9.17) is 4.74 Å². The van der Waals surface area contributed by atoms with E-state index in [0.717, 1.165) is 12.8 Å². The highest BCUT2D eigenvalue weighted by Gasteiger charge is 2.26. The lowest BCUT2D eigenvalue weighted by Crippen LogP contribution is -2.24. The molecule has 2 aromatic carbocycles. The summed E-state index contributed by atoms with van der Waals surface area (Å²) in [6, 6.07) is 12.8. The summed E-state index contributed by atoms with van der Waals surface area (Å²) in [5.74, 6) is 1.06. The number of nitrogens with zero attached hydrogens (tertiary/aromatic N) is 3. The molecule has 9 nitrogen and oxygen atoms in total. The van der Waals surface area contributed by atoms with Crippen LogP contribution in [-0.4, -0.2) is 35.7 Å². The van der Waals surface area contributed by atoms with Crippen molar-refractivity contribution in [3.05, 3.63) is 66.2 Å². The number of nitrogens with one attached hydrogen (secondary N) is 2. The summed E-state index contributed by atoms with van der Waals surface area (Å²) in [5, 5.41) is 10.7. The van der Waals surface area contributed by atoms with Crippen LogP contribution in [0.25, 0.3) is 0 Å². The summed E-state index contributed by atoms with van der Waals surface area (Å²) < 4.78 is 35.1. The van der Waals surface area contributed by atoms with E-state index >= 15 is 0 Å². The molecule has 31 heavy (non-hydrogen) atoms. The first kappa shape index (κ1) is 20.9. The molecule has 162 valence electrons. The summed E-state index contributed by atoms with van der Waals surface area (Å²) in [6.07, 6.45) is 3.87. The summed E-state index contributed by atoms with van der Waals surface area (Å²) in [5.41, 5.74) is 0.780. The van der Waals surface area contributed by atoms with Crippen molar-refractivity contribution in [2.75, 3.05) is 11.3 Å². The van der Waals surface area contributed by atoms with E-state index in [1.54, 1.807) is 30.6 Å². The van der Waals surface area contributed by atoms with Gasteiger partial charge in [0.25, 0.3) is 15.9 Å². The summed E-state index contributed by atoms with van der Waals surface area (Å²) in [7, 11) is -3.78. The van der Waals surface area contributed by atoms with Crippen LogP contribution < -0.4 is 14.8 Å². The van der Waals surface area contributed by atoms with Crippen LogP contribution in [-0.2, 0) is 16.6 Å². The van der Waals surface area contributed by atoms with Crippen molar-refractivity contribution < 1.29 is 17.9 Å². The van der Waals surface area contributed by atoms with E-state index in [1.165, 1.54) is 24.3 Å². The number of amides is 1. The maximum atomic E-state index is 12.6.